The molecule has 0 saturated heterocycles. The summed E-state index contributed by atoms with van der Waals surface area (Å²) in [7, 11) is 0. The molecule has 1 fully saturated rings. The molecule has 21 heavy (non-hydrogen) atoms. The maximum atomic E-state index is 6.27. The lowest BCUT2D eigenvalue weighted by molar-refractivity contribution is 0.127. The molecule has 2 atom stereocenters. The van der Waals surface area contributed by atoms with Crippen molar-refractivity contribution >= 4 is 0 Å². The molecule has 0 aromatic carbocycles. The first kappa shape index (κ1) is 16.3. The Morgan fingerprint density at radius 1 is 1.29 bits per heavy atom. The summed E-state index contributed by atoms with van der Waals surface area (Å²) >= 11 is 0. The second-order valence-corrected chi connectivity index (χ2v) is 7.51. The molecule has 2 unspecified atom stereocenters. The number of rotatable bonds is 4. The highest BCUT2D eigenvalue weighted by atomic mass is 16.5. The second kappa shape index (κ2) is 6.78. The van der Waals surface area contributed by atoms with Crippen molar-refractivity contribution in [1.82, 2.24) is 10.3 Å². The molecule has 118 valence electrons. The smallest absolute Gasteiger partial charge is 0.142 e. The van der Waals surface area contributed by atoms with Gasteiger partial charge in [-0.2, -0.15) is 0 Å². The topological polar surface area (TPSA) is 34.1 Å². The third-order valence-corrected chi connectivity index (χ3v) is 4.04. The molecule has 1 heterocycles. The highest BCUT2D eigenvalue weighted by Gasteiger charge is 2.22. The van der Waals surface area contributed by atoms with Gasteiger partial charge in [0.25, 0.3) is 0 Å². The summed E-state index contributed by atoms with van der Waals surface area (Å²) < 4.78 is 6.27. The average molecular weight is 290 g/mol. The summed E-state index contributed by atoms with van der Waals surface area (Å²) in [4.78, 5) is 4.67. The van der Waals surface area contributed by atoms with Crippen LogP contribution in [0.25, 0.3) is 0 Å². The molecular weight excluding hydrogens is 260 g/mol. The van der Waals surface area contributed by atoms with Crippen molar-refractivity contribution < 1.29 is 4.74 Å². The lowest BCUT2D eigenvalue weighted by atomic mass is 9.89. The number of pyridine rings is 1. The highest BCUT2D eigenvalue weighted by Crippen LogP contribution is 2.28. The maximum Gasteiger partial charge on any atom is 0.142 e. The minimum atomic E-state index is 0.0854. The van der Waals surface area contributed by atoms with E-state index in [1.54, 1.807) is 0 Å². The van der Waals surface area contributed by atoms with E-state index in [4.69, 9.17) is 4.74 Å². The molecule has 1 aliphatic carbocycles. The molecule has 0 spiro atoms. The third kappa shape index (κ3) is 5.31. The molecule has 0 radical (unpaired) electrons. The Labute approximate surface area is 129 Å². The molecule has 1 aromatic heterocycles. The van der Waals surface area contributed by atoms with Crippen LogP contribution in [-0.4, -0.2) is 16.6 Å². The molecule has 3 heteroatoms. The fourth-order valence-corrected chi connectivity index (χ4v) is 2.85. The van der Waals surface area contributed by atoms with E-state index in [0.29, 0.717) is 6.10 Å². The van der Waals surface area contributed by atoms with E-state index in [1.807, 2.05) is 13.0 Å². The first-order valence-corrected chi connectivity index (χ1v) is 8.22. The summed E-state index contributed by atoms with van der Waals surface area (Å²) in [6.45, 7) is 11.6. The Bertz CT molecular complexity index is 465. The van der Waals surface area contributed by atoms with Gasteiger partial charge in [0.15, 0.2) is 0 Å². The van der Waals surface area contributed by atoms with Crippen LogP contribution in [0.2, 0.25) is 0 Å². The van der Waals surface area contributed by atoms with Crippen molar-refractivity contribution in [3.05, 3.63) is 23.5 Å². The lowest BCUT2D eigenvalue weighted by Gasteiger charge is -2.28. The molecular formula is C18H30N2O. The maximum absolute atomic E-state index is 6.27. The van der Waals surface area contributed by atoms with Crippen LogP contribution in [-0.2, 0) is 6.54 Å². The van der Waals surface area contributed by atoms with Gasteiger partial charge in [0.05, 0.1) is 11.8 Å². The van der Waals surface area contributed by atoms with Crippen LogP contribution >= 0.6 is 0 Å². The van der Waals surface area contributed by atoms with E-state index in [-0.39, 0.29) is 5.54 Å². The first-order chi connectivity index (χ1) is 9.83. The standard InChI is InChI=1S/C18H30N2O/c1-13-7-6-8-15(11-13)21-17-10-9-14(2)20-16(17)12-19-18(3,4)5/h9-10,13,15,19H,6-8,11-12H2,1-5H3. The number of aromatic nitrogens is 1. The Morgan fingerprint density at radius 3 is 2.71 bits per heavy atom. The van der Waals surface area contributed by atoms with Crippen LogP contribution in [0.4, 0.5) is 0 Å². The largest absolute Gasteiger partial charge is 0.488 e. The Hall–Kier alpha value is -1.09. The van der Waals surface area contributed by atoms with E-state index >= 15 is 0 Å². The predicted molar refractivity (Wildman–Crippen MR) is 87.6 cm³/mol. The van der Waals surface area contributed by atoms with E-state index in [0.717, 1.165) is 29.6 Å². The number of hydrogen-bond donors (Lipinski definition) is 1. The molecule has 0 bridgehead atoms. The van der Waals surface area contributed by atoms with Gasteiger partial charge < -0.3 is 10.1 Å². The Balaban J connectivity index is 2.07. The van der Waals surface area contributed by atoms with Crippen molar-refractivity contribution in [2.45, 2.75) is 78.5 Å². The molecule has 1 N–H and O–H groups in total. The molecule has 1 aromatic rings. The minimum Gasteiger partial charge on any atom is -0.488 e. The highest BCUT2D eigenvalue weighted by molar-refractivity contribution is 5.29. The SMILES string of the molecule is Cc1ccc(OC2CCCC(C)C2)c(CNC(C)(C)C)n1. The van der Waals surface area contributed by atoms with E-state index in [2.05, 4.69) is 44.1 Å². The molecule has 0 aliphatic heterocycles. The van der Waals surface area contributed by atoms with Gasteiger partial charge in [0.2, 0.25) is 0 Å². The van der Waals surface area contributed by atoms with Crippen molar-refractivity contribution in [3.8, 4) is 5.75 Å². The molecule has 0 amide bonds. The van der Waals surface area contributed by atoms with Gasteiger partial charge in [0.1, 0.15) is 5.75 Å². The number of ether oxygens (including phenoxy) is 1. The van der Waals surface area contributed by atoms with Gasteiger partial charge in [-0.15, -0.1) is 0 Å². The van der Waals surface area contributed by atoms with E-state index in [1.165, 1.54) is 25.7 Å². The number of aryl methyl sites for hydroxylation is 1. The quantitative estimate of drug-likeness (QED) is 0.900. The van der Waals surface area contributed by atoms with Gasteiger partial charge in [-0.25, -0.2) is 0 Å². The van der Waals surface area contributed by atoms with Crippen molar-refractivity contribution in [1.29, 1.82) is 0 Å². The summed E-state index contributed by atoms with van der Waals surface area (Å²) in [5, 5.41) is 3.51. The van der Waals surface area contributed by atoms with Crippen LogP contribution in [0.15, 0.2) is 12.1 Å². The molecule has 3 nitrogen and oxygen atoms in total. The molecule has 2 rings (SSSR count). The summed E-state index contributed by atoms with van der Waals surface area (Å²) in [5.74, 6) is 1.73. The van der Waals surface area contributed by atoms with E-state index < -0.39 is 0 Å². The fourth-order valence-electron chi connectivity index (χ4n) is 2.85. The summed E-state index contributed by atoms with van der Waals surface area (Å²) in [5.41, 5.74) is 2.16. The number of hydrogen-bond acceptors (Lipinski definition) is 3. The van der Waals surface area contributed by atoms with E-state index in [9.17, 15) is 0 Å². The average Bonchev–Trinajstić information content (AvgIpc) is 2.38. The molecule has 1 aliphatic rings. The fraction of sp³-hybridized carbons (Fsp3) is 0.722. The molecule has 1 saturated carbocycles. The normalized spacial score (nSPS) is 23.1. The Morgan fingerprint density at radius 2 is 2.05 bits per heavy atom. The zero-order valence-corrected chi connectivity index (χ0v) is 14.2. The monoisotopic (exact) mass is 290 g/mol. The zero-order chi connectivity index (χ0) is 15.5. The summed E-state index contributed by atoms with van der Waals surface area (Å²) in [6, 6.07) is 4.13. The zero-order valence-electron chi connectivity index (χ0n) is 14.2. The van der Waals surface area contributed by atoms with Gasteiger partial charge in [-0.3, -0.25) is 4.98 Å². The number of nitrogens with one attached hydrogen (secondary N) is 1. The van der Waals surface area contributed by atoms with Crippen LogP contribution in [0.1, 0.15) is 64.8 Å². The van der Waals surface area contributed by atoms with Gasteiger partial charge >= 0.3 is 0 Å². The van der Waals surface area contributed by atoms with Crippen molar-refractivity contribution in [2.75, 3.05) is 0 Å². The Kier molecular flexibility index (Phi) is 5.26. The minimum absolute atomic E-state index is 0.0854. The second-order valence-electron chi connectivity index (χ2n) is 7.51. The predicted octanol–water partition coefficient (Wildman–Crippen LogP) is 4.24. The van der Waals surface area contributed by atoms with Crippen LogP contribution < -0.4 is 10.1 Å². The van der Waals surface area contributed by atoms with Crippen molar-refractivity contribution in [2.24, 2.45) is 5.92 Å². The van der Waals surface area contributed by atoms with Crippen molar-refractivity contribution in [3.63, 3.8) is 0 Å². The van der Waals surface area contributed by atoms with Gasteiger partial charge in [-0.1, -0.05) is 13.3 Å². The summed E-state index contributed by atoms with van der Waals surface area (Å²) in [6.07, 6.45) is 5.31. The van der Waals surface area contributed by atoms with Gasteiger partial charge in [0, 0.05) is 17.8 Å². The lowest BCUT2D eigenvalue weighted by Crippen LogP contribution is -2.35. The van der Waals surface area contributed by atoms with Crippen LogP contribution in [0, 0.1) is 12.8 Å². The third-order valence-electron chi connectivity index (χ3n) is 4.04. The van der Waals surface area contributed by atoms with Crippen LogP contribution in [0.3, 0.4) is 0 Å². The number of nitrogens with zero attached hydrogens (tertiary/aromatic N) is 1. The van der Waals surface area contributed by atoms with Crippen LogP contribution in [0.5, 0.6) is 5.75 Å². The first-order valence-electron chi connectivity index (χ1n) is 8.22. The van der Waals surface area contributed by atoms with Gasteiger partial charge in [-0.05, 0) is 65.0 Å².